The summed E-state index contributed by atoms with van der Waals surface area (Å²) in [6.45, 7) is 18.5. The lowest BCUT2D eigenvalue weighted by Gasteiger charge is -2.36. The van der Waals surface area contributed by atoms with Crippen LogP contribution in [0, 0.1) is 5.41 Å². The van der Waals surface area contributed by atoms with Crippen LogP contribution in [0.2, 0.25) is 0 Å². The molecule has 0 aliphatic rings. The Labute approximate surface area is 132 Å². The Hall–Kier alpha value is -0.610. The van der Waals surface area contributed by atoms with E-state index in [1.807, 2.05) is 13.8 Å². The molecule has 0 heterocycles. The fourth-order valence-electron chi connectivity index (χ4n) is 2.86. The van der Waals surface area contributed by atoms with Gasteiger partial charge in [-0.05, 0) is 41.2 Å². The minimum Gasteiger partial charge on any atom is -0.354 e. The second-order valence-corrected chi connectivity index (χ2v) is 8.07. The highest BCUT2D eigenvalue weighted by molar-refractivity contribution is 5.81. The van der Waals surface area contributed by atoms with Crippen LogP contribution in [0.15, 0.2) is 0 Å². The first-order valence-corrected chi connectivity index (χ1v) is 8.13. The SMILES string of the molecule is CC(C)NC(C)(C)CC(C)(C)C(=O)NCCN(C)C(C)C. The number of hydrogen-bond donors (Lipinski definition) is 2. The third-order valence-electron chi connectivity index (χ3n) is 3.81. The van der Waals surface area contributed by atoms with Gasteiger partial charge in [-0.15, -0.1) is 0 Å². The first-order valence-electron chi connectivity index (χ1n) is 8.13. The first-order chi connectivity index (χ1) is 9.37. The molecule has 0 unspecified atom stereocenters. The maximum Gasteiger partial charge on any atom is 0.225 e. The highest BCUT2D eigenvalue weighted by Gasteiger charge is 2.34. The fraction of sp³-hybridized carbons (Fsp3) is 0.941. The van der Waals surface area contributed by atoms with Crippen molar-refractivity contribution in [3.63, 3.8) is 0 Å². The summed E-state index contributed by atoms with van der Waals surface area (Å²) in [5, 5.41) is 6.61. The zero-order valence-electron chi connectivity index (χ0n) is 15.6. The Morgan fingerprint density at radius 2 is 1.62 bits per heavy atom. The molecular formula is C17H37N3O. The van der Waals surface area contributed by atoms with Gasteiger partial charge in [0, 0.05) is 36.1 Å². The van der Waals surface area contributed by atoms with Crippen LogP contribution in [-0.4, -0.2) is 48.6 Å². The molecule has 126 valence electrons. The van der Waals surface area contributed by atoms with Gasteiger partial charge >= 0.3 is 0 Å². The Morgan fingerprint density at radius 3 is 2.05 bits per heavy atom. The molecule has 0 atom stereocenters. The molecule has 0 aromatic rings. The van der Waals surface area contributed by atoms with Crippen molar-refractivity contribution in [2.75, 3.05) is 20.1 Å². The average Bonchev–Trinajstić information content (AvgIpc) is 2.24. The molecule has 2 N–H and O–H groups in total. The molecule has 0 rings (SSSR count). The lowest BCUT2D eigenvalue weighted by molar-refractivity contribution is -0.130. The summed E-state index contributed by atoms with van der Waals surface area (Å²) in [6.07, 6.45) is 0.810. The molecule has 0 fully saturated rings. The minimum atomic E-state index is -0.373. The van der Waals surface area contributed by atoms with Crippen LogP contribution in [0.1, 0.15) is 61.8 Å². The summed E-state index contributed by atoms with van der Waals surface area (Å²) >= 11 is 0. The lowest BCUT2D eigenvalue weighted by atomic mass is 9.79. The molecule has 0 aliphatic heterocycles. The van der Waals surface area contributed by atoms with Crippen LogP contribution in [0.5, 0.6) is 0 Å². The van der Waals surface area contributed by atoms with E-state index in [4.69, 9.17) is 0 Å². The summed E-state index contributed by atoms with van der Waals surface area (Å²) in [5.41, 5.74) is -0.425. The monoisotopic (exact) mass is 299 g/mol. The molecule has 0 spiro atoms. The lowest BCUT2D eigenvalue weighted by Crippen LogP contribution is -2.50. The molecule has 21 heavy (non-hydrogen) atoms. The predicted molar refractivity (Wildman–Crippen MR) is 91.5 cm³/mol. The van der Waals surface area contributed by atoms with E-state index in [0.717, 1.165) is 13.0 Å². The van der Waals surface area contributed by atoms with E-state index < -0.39 is 0 Å². The van der Waals surface area contributed by atoms with E-state index in [2.05, 4.69) is 64.1 Å². The predicted octanol–water partition coefficient (Wildman–Crippen LogP) is 2.64. The van der Waals surface area contributed by atoms with Crippen molar-refractivity contribution in [1.29, 1.82) is 0 Å². The van der Waals surface area contributed by atoms with Crippen LogP contribution < -0.4 is 10.6 Å². The summed E-state index contributed by atoms with van der Waals surface area (Å²) in [5.74, 6) is 0.137. The van der Waals surface area contributed by atoms with Crippen LogP contribution in [0.3, 0.4) is 0 Å². The number of carbonyl (C=O) groups is 1. The second kappa shape index (κ2) is 8.14. The van der Waals surface area contributed by atoms with Gasteiger partial charge in [0.25, 0.3) is 0 Å². The van der Waals surface area contributed by atoms with Crippen molar-refractivity contribution in [3.8, 4) is 0 Å². The topological polar surface area (TPSA) is 44.4 Å². The zero-order valence-corrected chi connectivity index (χ0v) is 15.6. The van der Waals surface area contributed by atoms with Crippen molar-refractivity contribution in [3.05, 3.63) is 0 Å². The molecular weight excluding hydrogens is 262 g/mol. The molecule has 1 amide bonds. The zero-order chi connectivity index (χ0) is 16.8. The summed E-state index contributed by atoms with van der Waals surface area (Å²) < 4.78 is 0. The summed E-state index contributed by atoms with van der Waals surface area (Å²) in [6, 6.07) is 0.919. The molecule has 0 bridgehead atoms. The number of nitrogens with zero attached hydrogens (tertiary/aromatic N) is 1. The molecule has 0 aliphatic carbocycles. The molecule has 0 aromatic carbocycles. The van der Waals surface area contributed by atoms with Gasteiger partial charge in [0.2, 0.25) is 5.91 Å². The van der Waals surface area contributed by atoms with Crippen molar-refractivity contribution in [2.45, 2.75) is 79.4 Å². The number of amides is 1. The van der Waals surface area contributed by atoms with Crippen molar-refractivity contribution in [2.24, 2.45) is 5.41 Å². The average molecular weight is 300 g/mol. The third kappa shape index (κ3) is 8.42. The van der Waals surface area contributed by atoms with E-state index in [-0.39, 0.29) is 16.9 Å². The van der Waals surface area contributed by atoms with Crippen molar-refractivity contribution >= 4 is 5.91 Å². The Bertz CT molecular complexity index is 322. The van der Waals surface area contributed by atoms with Gasteiger partial charge in [-0.3, -0.25) is 4.79 Å². The number of hydrogen-bond acceptors (Lipinski definition) is 3. The second-order valence-electron chi connectivity index (χ2n) is 8.07. The quantitative estimate of drug-likeness (QED) is 0.688. The maximum atomic E-state index is 12.4. The maximum absolute atomic E-state index is 12.4. The van der Waals surface area contributed by atoms with E-state index in [9.17, 15) is 4.79 Å². The van der Waals surface area contributed by atoms with Crippen LogP contribution in [0.25, 0.3) is 0 Å². The number of rotatable bonds is 9. The van der Waals surface area contributed by atoms with Gasteiger partial charge in [-0.25, -0.2) is 0 Å². The van der Waals surface area contributed by atoms with Crippen LogP contribution in [-0.2, 0) is 4.79 Å². The van der Waals surface area contributed by atoms with Crippen molar-refractivity contribution in [1.82, 2.24) is 15.5 Å². The molecule has 4 heteroatoms. The van der Waals surface area contributed by atoms with E-state index in [1.165, 1.54) is 0 Å². The van der Waals surface area contributed by atoms with Gasteiger partial charge in [-0.2, -0.15) is 0 Å². The number of likely N-dealkylation sites (N-methyl/N-ethyl adjacent to an activating group) is 1. The van der Waals surface area contributed by atoms with E-state index in [0.29, 0.717) is 18.6 Å². The van der Waals surface area contributed by atoms with Gasteiger partial charge < -0.3 is 15.5 Å². The Morgan fingerprint density at radius 1 is 1.10 bits per heavy atom. The Kier molecular flexibility index (Phi) is 7.90. The number of carbonyl (C=O) groups excluding carboxylic acids is 1. The van der Waals surface area contributed by atoms with Crippen molar-refractivity contribution < 1.29 is 4.79 Å². The minimum absolute atomic E-state index is 0.0519. The number of nitrogens with one attached hydrogen (secondary N) is 2. The van der Waals surface area contributed by atoms with Crippen LogP contribution in [0.4, 0.5) is 0 Å². The largest absolute Gasteiger partial charge is 0.354 e. The molecule has 0 saturated carbocycles. The first kappa shape index (κ1) is 20.4. The molecule has 0 saturated heterocycles. The van der Waals surface area contributed by atoms with Gasteiger partial charge in [-0.1, -0.05) is 27.7 Å². The highest BCUT2D eigenvalue weighted by Crippen LogP contribution is 2.28. The fourth-order valence-corrected chi connectivity index (χ4v) is 2.86. The highest BCUT2D eigenvalue weighted by atomic mass is 16.2. The van der Waals surface area contributed by atoms with Crippen LogP contribution >= 0.6 is 0 Å². The van der Waals surface area contributed by atoms with Gasteiger partial charge in [0.1, 0.15) is 0 Å². The summed E-state index contributed by atoms with van der Waals surface area (Å²) in [4.78, 5) is 14.7. The molecule has 0 aromatic heterocycles. The molecule has 0 radical (unpaired) electrons. The Balaban J connectivity index is 4.39. The summed E-state index contributed by atoms with van der Waals surface area (Å²) in [7, 11) is 2.08. The van der Waals surface area contributed by atoms with E-state index in [1.54, 1.807) is 0 Å². The molecule has 4 nitrogen and oxygen atoms in total. The van der Waals surface area contributed by atoms with E-state index >= 15 is 0 Å². The smallest absolute Gasteiger partial charge is 0.225 e. The third-order valence-corrected chi connectivity index (χ3v) is 3.81. The van der Waals surface area contributed by atoms with Gasteiger partial charge in [0.05, 0.1) is 0 Å². The standard InChI is InChI=1S/C17H37N3O/c1-13(2)19-17(7,8)12-16(5,6)15(21)18-10-11-20(9)14(3)4/h13-14,19H,10-12H2,1-9H3,(H,18,21). The van der Waals surface area contributed by atoms with Gasteiger partial charge in [0.15, 0.2) is 0 Å². The normalized spacial score (nSPS) is 13.3.